The number of nitrogens with zero attached hydrogens (tertiary/aromatic N) is 3. The van der Waals surface area contributed by atoms with Crippen LogP contribution in [0, 0.1) is 5.92 Å². The summed E-state index contributed by atoms with van der Waals surface area (Å²) in [6.45, 7) is 1.16. The molecule has 5 nitrogen and oxygen atoms in total. The molecule has 0 spiro atoms. The summed E-state index contributed by atoms with van der Waals surface area (Å²) in [7, 11) is 1.72. The molecule has 2 aromatic rings. The highest BCUT2D eigenvalue weighted by atomic mass is 32.1. The summed E-state index contributed by atoms with van der Waals surface area (Å²) >= 11 is 1.42. The van der Waals surface area contributed by atoms with Crippen molar-refractivity contribution in [3.63, 3.8) is 0 Å². The van der Waals surface area contributed by atoms with Gasteiger partial charge in [-0.25, -0.2) is 4.98 Å². The molecule has 0 saturated carbocycles. The van der Waals surface area contributed by atoms with E-state index in [9.17, 15) is 9.59 Å². The highest BCUT2D eigenvalue weighted by Crippen LogP contribution is 2.24. The molecule has 1 fully saturated rings. The number of rotatable bonds is 5. The molecule has 1 saturated heterocycles. The molecule has 120 valence electrons. The molecular weight excluding hydrogens is 310 g/mol. The molecular formula is C17H19N3O2S. The van der Waals surface area contributed by atoms with Crippen LogP contribution in [0.3, 0.4) is 0 Å². The molecule has 0 unspecified atom stereocenters. The standard InChI is InChI=1S/C17H19N3O2S/c1-19(17-18-8-10-23-17)16(22)14-11-15(21)20(12-14)9-7-13-5-3-2-4-6-13/h2-6,8,10,14H,7,9,11-12H2,1H3/t14-/m0/s1. The Balaban J connectivity index is 1.57. The van der Waals surface area contributed by atoms with E-state index in [1.807, 2.05) is 23.6 Å². The van der Waals surface area contributed by atoms with E-state index in [0.29, 0.717) is 24.6 Å². The van der Waals surface area contributed by atoms with Gasteiger partial charge in [0.25, 0.3) is 0 Å². The fourth-order valence-electron chi connectivity index (χ4n) is 2.81. The maximum atomic E-state index is 12.5. The quantitative estimate of drug-likeness (QED) is 0.845. The first-order valence-corrected chi connectivity index (χ1v) is 8.52. The Morgan fingerprint density at radius 3 is 2.87 bits per heavy atom. The normalized spacial score (nSPS) is 17.5. The number of amides is 2. The maximum absolute atomic E-state index is 12.5. The number of benzene rings is 1. The van der Waals surface area contributed by atoms with Gasteiger partial charge in [-0.15, -0.1) is 11.3 Å². The number of hydrogen-bond acceptors (Lipinski definition) is 4. The number of anilines is 1. The predicted molar refractivity (Wildman–Crippen MR) is 90.4 cm³/mol. The molecule has 23 heavy (non-hydrogen) atoms. The van der Waals surface area contributed by atoms with Crippen LogP contribution in [0.15, 0.2) is 41.9 Å². The lowest BCUT2D eigenvalue weighted by Gasteiger charge is -2.19. The lowest BCUT2D eigenvalue weighted by atomic mass is 10.1. The van der Waals surface area contributed by atoms with Crippen molar-refractivity contribution >= 4 is 28.3 Å². The van der Waals surface area contributed by atoms with Crippen LogP contribution >= 0.6 is 11.3 Å². The van der Waals surface area contributed by atoms with E-state index in [1.165, 1.54) is 16.9 Å². The summed E-state index contributed by atoms with van der Waals surface area (Å²) in [5, 5.41) is 2.51. The topological polar surface area (TPSA) is 53.5 Å². The van der Waals surface area contributed by atoms with Crippen molar-refractivity contribution in [3.05, 3.63) is 47.5 Å². The summed E-state index contributed by atoms with van der Waals surface area (Å²) in [6, 6.07) is 10.1. The number of hydrogen-bond donors (Lipinski definition) is 0. The first-order chi connectivity index (χ1) is 11.1. The van der Waals surface area contributed by atoms with Gasteiger partial charge in [0.2, 0.25) is 11.8 Å². The van der Waals surface area contributed by atoms with Crippen LogP contribution < -0.4 is 4.90 Å². The third-order valence-electron chi connectivity index (χ3n) is 4.11. The first-order valence-electron chi connectivity index (χ1n) is 7.64. The van der Waals surface area contributed by atoms with Gasteiger partial charge in [0, 0.05) is 38.1 Å². The molecule has 1 aromatic carbocycles. The van der Waals surface area contributed by atoms with Crippen molar-refractivity contribution < 1.29 is 9.59 Å². The minimum Gasteiger partial charge on any atom is -0.342 e. The van der Waals surface area contributed by atoms with E-state index in [2.05, 4.69) is 17.1 Å². The Labute approximate surface area is 139 Å². The Morgan fingerprint density at radius 1 is 1.39 bits per heavy atom. The minimum absolute atomic E-state index is 0.0319. The molecule has 0 aliphatic carbocycles. The highest BCUT2D eigenvalue weighted by Gasteiger charge is 2.36. The van der Waals surface area contributed by atoms with Crippen molar-refractivity contribution in [2.24, 2.45) is 5.92 Å². The molecule has 2 heterocycles. The summed E-state index contributed by atoms with van der Waals surface area (Å²) in [5.74, 6) is -0.241. The second-order valence-electron chi connectivity index (χ2n) is 5.69. The lowest BCUT2D eigenvalue weighted by molar-refractivity contribution is -0.128. The van der Waals surface area contributed by atoms with Gasteiger partial charge < -0.3 is 4.90 Å². The zero-order chi connectivity index (χ0) is 16.2. The van der Waals surface area contributed by atoms with E-state index in [1.54, 1.807) is 23.0 Å². The number of carbonyl (C=O) groups is 2. The third kappa shape index (κ3) is 3.59. The molecule has 1 aromatic heterocycles. The van der Waals surface area contributed by atoms with E-state index in [-0.39, 0.29) is 17.7 Å². The van der Waals surface area contributed by atoms with Crippen LogP contribution in [0.5, 0.6) is 0 Å². The summed E-state index contributed by atoms with van der Waals surface area (Å²) in [4.78, 5) is 32.2. The van der Waals surface area contributed by atoms with E-state index in [0.717, 1.165) is 6.42 Å². The summed E-state index contributed by atoms with van der Waals surface area (Å²) in [6.07, 6.45) is 2.79. The highest BCUT2D eigenvalue weighted by molar-refractivity contribution is 7.13. The van der Waals surface area contributed by atoms with E-state index >= 15 is 0 Å². The Kier molecular flexibility index (Phi) is 4.71. The van der Waals surface area contributed by atoms with Gasteiger partial charge in [0.05, 0.1) is 5.92 Å². The fourth-order valence-corrected chi connectivity index (χ4v) is 3.43. The molecule has 0 N–H and O–H groups in total. The second kappa shape index (κ2) is 6.91. The van der Waals surface area contributed by atoms with Crippen LogP contribution in [0.25, 0.3) is 0 Å². The number of carbonyl (C=O) groups excluding carboxylic acids is 2. The molecule has 1 aliphatic rings. The van der Waals surface area contributed by atoms with Crippen LogP contribution in [-0.4, -0.2) is 41.8 Å². The largest absolute Gasteiger partial charge is 0.342 e. The van der Waals surface area contributed by atoms with E-state index < -0.39 is 0 Å². The van der Waals surface area contributed by atoms with Gasteiger partial charge >= 0.3 is 0 Å². The molecule has 1 atom stereocenters. The first kappa shape index (κ1) is 15.7. The van der Waals surface area contributed by atoms with Gasteiger partial charge in [-0.2, -0.15) is 0 Å². The Hall–Kier alpha value is -2.21. The van der Waals surface area contributed by atoms with Crippen LogP contribution in [0.1, 0.15) is 12.0 Å². The van der Waals surface area contributed by atoms with Crippen molar-refractivity contribution in [2.45, 2.75) is 12.8 Å². The summed E-state index contributed by atoms with van der Waals surface area (Å²) < 4.78 is 0. The minimum atomic E-state index is -0.271. The average molecular weight is 329 g/mol. The molecule has 0 bridgehead atoms. The Bertz CT molecular complexity index is 672. The van der Waals surface area contributed by atoms with Gasteiger partial charge in [0.1, 0.15) is 0 Å². The van der Waals surface area contributed by atoms with Crippen molar-refractivity contribution in [2.75, 3.05) is 25.0 Å². The van der Waals surface area contributed by atoms with Gasteiger partial charge in [0.15, 0.2) is 5.13 Å². The van der Waals surface area contributed by atoms with Crippen molar-refractivity contribution in [3.8, 4) is 0 Å². The molecule has 2 amide bonds. The maximum Gasteiger partial charge on any atom is 0.233 e. The number of likely N-dealkylation sites (tertiary alicyclic amines) is 1. The molecule has 6 heteroatoms. The Morgan fingerprint density at radius 2 is 2.17 bits per heavy atom. The fraction of sp³-hybridized carbons (Fsp3) is 0.353. The predicted octanol–water partition coefficient (Wildman–Crippen LogP) is 2.20. The average Bonchev–Trinajstić information content (AvgIpc) is 3.22. The van der Waals surface area contributed by atoms with Crippen LogP contribution in [-0.2, 0) is 16.0 Å². The van der Waals surface area contributed by atoms with Crippen LogP contribution in [0.4, 0.5) is 5.13 Å². The smallest absolute Gasteiger partial charge is 0.233 e. The van der Waals surface area contributed by atoms with Crippen molar-refractivity contribution in [1.82, 2.24) is 9.88 Å². The van der Waals surface area contributed by atoms with E-state index in [4.69, 9.17) is 0 Å². The number of aromatic nitrogens is 1. The van der Waals surface area contributed by atoms with Crippen molar-refractivity contribution in [1.29, 1.82) is 0 Å². The molecule has 3 rings (SSSR count). The van der Waals surface area contributed by atoms with Crippen LogP contribution in [0.2, 0.25) is 0 Å². The zero-order valence-electron chi connectivity index (χ0n) is 13.0. The lowest BCUT2D eigenvalue weighted by Crippen LogP contribution is -2.35. The summed E-state index contributed by atoms with van der Waals surface area (Å²) in [5.41, 5.74) is 1.20. The van der Waals surface area contributed by atoms with Gasteiger partial charge in [-0.1, -0.05) is 30.3 Å². The molecule has 1 aliphatic heterocycles. The SMILES string of the molecule is CN(C(=O)[C@H]1CC(=O)N(CCc2ccccc2)C1)c1nccs1. The van der Waals surface area contributed by atoms with Gasteiger partial charge in [-0.05, 0) is 12.0 Å². The second-order valence-corrected chi connectivity index (χ2v) is 6.56. The monoisotopic (exact) mass is 329 g/mol. The number of thiazole rings is 1. The molecule has 0 radical (unpaired) electrons. The zero-order valence-corrected chi connectivity index (χ0v) is 13.8. The third-order valence-corrected chi connectivity index (χ3v) is 4.96. The van der Waals surface area contributed by atoms with Gasteiger partial charge in [-0.3, -0.25) is 14.5 Å².